The monoisotopic (exact) mass is 212 g/mol. The Kier molecular flexibility index (Phi) is 4.42. The van der Waals surface area contributed by atoms with Gasteiger partial charge in [0.1, 0.15) is 0 Å². The quantitative estimate of drug-likeness (QED) is 0.745. The fraction of sp³-hybridized carbons (Fsp3) is 1.00. The summed E-state index contributed by atoms with van der Waals surface area (Å²) >= 11 is 0. The Morgan fingerprint density at radius 3 is 3.00 bits per heavy atom. The molecule has 15 heavy (non-hydrogen) atoms. The van der Waals surface area contributed by atoms with Crippen LogP contribution in [0.15, 0.2) is 0 Å². The van der Waals surface area contributed by atoms with E-state index >= 15 is 0 Å². The van der Waals surface area contributed by atoms with Crippen LogP contribution in [-0.4, -0.2) is 49.8 Å². The summed E-state index contributed by atoms with van der Waals surface area (Å²) in [4.78, 5) is 2.59. The van der Waals surface area contributed by atoms with Gasteiger partial charge in [-0.3, -0.25) is 0 Å². The molecule has 1 N–H and O–H groups in total. The van der Waals surface area contributed by atoms with Crippen LogP contribution < -0.4 is 5.32 Å². The Labute approximate surface area is 93.2 Å². The molecule has 2 atom stereocenters. The van der Waals surface area contributed by atoms with Crippen molar-refractivity contribution in [3.05, 3.63) is 0 Å². The first-order valence-corrected chi connectivity index (χ1v) is 6.42. The highest BCUT2D eigenvalue weighted by atomic mass is 16.5. The van der Waals surface area contributed by atoms with E-state index in [9.17, 15) is 0 Å². The van der Waals surface area contributed by atoms with Crippen molar-refractivity contribution in [3.8, 4) is 0 Å². The third-order valence-electron chi connectivity index (χ3n) is 3.51. The summed E-state index contributed by atoms with van der Waals surface area (Å²) in [6.07, 6.45) is 5.59. The van der Waals surface area contributed by atoms with Crippen molar-refractivity contribution in [2.45, 2.75) is 44.8 Å². The first kappa shape index (κ1) is 11.4. The van der Waals surface area contributed by atoms with Crippen molar-refractivity contribution in [2.24, 2.45) is 0 Å². The van der Waals surface area contributed by atoms with Gasteiger partial charge in [0.15, 0.2) is 0 Å². The van der Waals surface area contributed by atoms with Gasteiger partial charge in [-0.1, -0.05) is 0 Å². The highest BCUT2D eigenvalue weighted by Crippen LogP contribution is 2.14. The maximum atomic E-state index is 5.70. The minimum absolute atomic E-state index is 0.521. The third-order valence-corrected chi connectivity index (χ3v) is 3.51. The highest BCUT2D eigenvalue weighted by molar-refractivity contribution is 4.74. The molecule has 2 fully saturated rings. The molecule has 3 nitrogen and oxygen atoms in total. The van der Waals surface area contributed by atoms with Crippen molar-refractivity contribution in [2.75, 3.05) is 32.8 Å². The molecule has 2 aliphatic rings. The molecule has 0 spiro atoms. The van der Waals surface area contributed by atoms with Crippen LogP contribution >= 0.6 is 0 Å². The van der Waals surface area contributed by atoms with E-state index in [1.165, 1.54) is 45.3 Å². The lowest BCUT2D eigenvalue weighted by Gasteiger charge is -2.29. The van der Waals surface area contributed by atoms with Gasteiger partial charge in [0.2, 0.25) is 0 Å². The van der Waals surface area contributed by atoms with Gasteiger partial charge in [0.25, 0.3) is 0 Å². The second-order valence-corrected chi connectivity index (χ2v) is 4.93. The Balaban J connectivity index is 1.74. The van der Waals surface area contributed by atoms with Gasteiger partial charge in [0.05, 0.1) is 6.10 Å². The van der Waals surface area contributed by atoms with Gasteiger partial charge in [-0.15, -0.1) is 0 Å². The van der Waals surface area contributed by atoms with E-state index in [1.807, 2.05) is 0 Å². The zero-order valence-electron chi connectivity index (χ0n) is 9.87. The maximum absolute atomic E-state index is 5.70. The topological polar surface area (TPSA) is 24.5 Å². The van der Waals surface area contributed by atoms with Crippen molar-refractivity contribution >= 4 is 0 Å². The van der Waals surface area contributed by atoms with Crippen LogP contribution in [0.3, 0.4) is 0 Å². The number of hydrogen-bond donors (Lipinski definition) is 1. The number of rotatable bonds is 2. The SMILES string of the molecule is CC1CCN(CC2CCCO2)CCCN1. The fourth-order valence-electron chi connectivity index (χ4n) is 2.50. The lowest BCUT2D eigenvalue weighted by molar-refractivity contribution is 0.0696. The van der Waals surface area contributed by atoms with Gasteiger partial charge in [0, 0.05) is 19.2 Å². The Morgan fingerprint density at radius 1 is 1.27 bits per heavy atom. The average Bonchev–Trinajstić information content (AvgIpc) is 2.70. The number of ether oxygens (including phenoxy) is 1. The molecule has 3 heteroatoms. The van der Waals surface area contributed by atoms with E-state index in [0.29, 0.717) is 12.1 Å². The average molecular weight is 212 g/mol. The molecule has 88 valence electrons. The molecule has 0 aromatic rings. The van der Waals surface area contributed by atoms with Crippen molar-refractivity contribution in [1.29, 1.82) is 0 Å². The zero-order valence-corrected chi connectivity index (χ0v) is 9.87. The van der Waals surface area contributed by atoms with Crippen molar-refractivity contribution in [1.82, 2.24) is 10.2 Å². The van der Waals surface area contributed by atoms with E-state index in [1.54, 1.807) is 0 Å². The molecule has 2 saturated heterocycles. The Bertz CT molecular complexity index is 180. The van der Waals surface area contributed by atoms with Crippen molar-refractivity contribution < 1.29 is 4.74 Å². The van der Waals surface area contributed by atoms with Crippen LogP contribution in [0.25, 0.3) is 0 Å². The number of nitrogens with zero attached hydrogens (tertiary/aromatic N) is 1. The summed E-state index contributed by atoms with van der Waals surface area (Å²) in [6.45, 7) is 8.07. The second-order valence-electron chi connectivity index (χ2n) is 4.93. The molecular weight excluding hydrogens is 188 g/mol. The lowest BCUT2D eigenvalue weighted by Crippen LogP contribution is -2.41. The van der Waals surface area contributed by atoms with E-state index in [4.69, 9.17) is 4.74 Å². The van der Waals surface area contributed by atoms with Crippen LogP contribution in [-0.2, 0) is 4.74 Å². The minimum Gasteiger partial charge on any atom is -0.377 e. The number of nitrogens with one attached hydrogen (secondary N) is 1. The van der Waals surface area contributed by atoms with E-state index < -0.39 is 0 Å². The molecule has 2 rings (SSSR count). The van der Waals surface area contributed by atoms with Gasteiger partial charge < -0.3 is 15.0 Å². The predicted molar refractivity (Wildman–Crippen MR) is 62.1 cm³/mol. The maximum Gasteiger partial charge on any atom is 0.0702 e. The van der Waals surface area contributed by atoms with Crippen LogP contribution in [0, 0.1) is 0 Å². The van der Waals surface area contributed by atoms with Crippen LogP contribution in [0.1, 0.15) is 32.6 Å². The molecule has 2 aliphatic heterocycles. The van der Waals surface area contributed by atoms with Crippen LogP contribution in [0.2, 0.25) is 0 Å². The van der Waals surface area contributed by atoms with Gasteiger partial charge in [-0.05, 0) is 52.2 Å². The molecular formula is C12H24N2O. The normalized spacial score (nSPS) is 35.0. The van der Waals surface area contributed by atoms with E-state index in [0.717, 1.165) is 13.2 Å². The summed E-state index contributed by atoms with van der Waals surface area (Å²) in [5.41, 5.74) is 0. The first-order valence-electron chi connectivity index (χ1n) is 6.42. The fourth-order valence-corrected chi connectivity index (χ4v) is 2.50. The molecule has 0 radical (unpaired) electrons. The minimum atomic E-state index is 0.521. The van der Waals surface area contributed by atoms with E-state index in [2.05, 4.69) is 17.1 Å². The Morgan fingerprint density at radius 2 is 2.20 bits per heavy atom. The molecule has 0 saturated carbocycles. The molecule has 0 amide bonds. The molecule has 0 aromatic carbocycles. The smallest absolute Gasteiger partial charge is 0.0702 e. The Hall–Kier alpha value is -0.120. The lowest BCUT2D eigenvalue weighted by atomic mass is 10.1. The summed E-state index contributed by atoms with van der Waals surface area (Å²) in [7, 11) is 0. The van der Waals surface area contributed by atoms with Gasteiger partial charge in [-0.2, -0.15) is 0 Å². The van der Waals surface area contributed by atoms with Gasteiger partial charge in [-0.25, -0.2) is 0 Å². The molecule has 2 unspecified atom stereocenters. The molecule has 0 aromatic heterocycles. The molecule has 0 aliphatic carbocycles. The van der Waals surface area contributed by atoms with Crippen LogP contribution in [0.5, 0.6) is 0 Å². The summed E-state index contributed by atoms with van der Waals surface area (Å²) < 4.78 is 5.70. The van der Waals surface area contributed by atoms with Gasteiger partial charge >= 0.3 is 0 Å². The highest BCUT2D eigenvalue weighted by Gasteiger charge is 2.20. The largest absolute Gasteiger partial charge is 0.377 e. The van der Waals surface area contributed by atoms with E-state index in [-0.39, 0.29) is 0 Å². The summed E-state index contributed by atoms with van der Waals surface area (Å²) in [5.74, 6) is 0. The molecule has 2 heterocycles. The third kappa shape index (κ3) is 3.74. The number of hydrogen-bond acceptors (Lipinski definition) is 3. The first-order chi connectivity index (χ1) is 7.34. The zero-order chi connectivity index (χ0) is 10.5. The predicted octanol–water partition coefficient (Wildman–Crippen LogP) is 1.24. The van der Waals surface area contributed by atoms with Crippen LogP contribution in [0.4, 0.5) is 0 Å². The summed E-state index contributed by atoms with van der Waals surface area (Å²) in [5, 5.41) is 3.54. The standard InChI is InChI=1S/C12H24N2O/c1-11-5-8-14(7-3-6-13-11)10-12-4-2-9-15-12/h11-13H,2-10H2,1H3. The summed E-state index contributed by atoms with van der Waals surface area (Å²) in [6, 6.07) is 0.678. The molecule has 0 bridgehead atoms. The second kappa shape index (κ2) is 5.83. The van der Waals surface area contributed by atoms with Crippen molar-refractivity contribution in [3.63, 3.8) is 0 Å².